The van der Waals surface area contributed by atoms with Crippen molar-refractivity contribution in [3.8, 4) is 11.1 Å². The Morgan fingerprint density at radius 2 is 1.82 bits per heavy atom. The highest BCUT2D eigenvalue weighted by atomic mass is 79.9. The van der Waals surface area contributed by atoms with E-state index >= 15 is 0 Å². The number of hydrogen-bond acceptors (Lipinski definition) is 2. The van der Waals surface area contributed by atoms with Crippen LogP contribution < -0.4 is 5.73 Å². The molecule has 2 aromatic rings. The van der Waals surface area contributed by atoms with Gasteiger partial charge in [-0.15, -0.1) is 0 Å². The second-order valence-electron chi connectivity index (χ2n) is 3.88. The highest BCUT2D eigenvalue weighted by Crippen LogP contribution is 2.28. The van der Waals surface area contributed by atoms with E-state index in [1.807, 2.05) is 48.5 Å². The summed E-state index contributed by atoms with van der Waals surface area (Å²) in [7, 11) is 0. The SMILES string of the molecule is Nc1cc([C@H](O)CBr)ccc1-c1ccccc1. The number of alkyl halides is 1. The first-order valence-electron chi connectivity index (χ1n) is 5.41. The molecule has 3 heteroatoms. The van der Waals surface area contributed by atoms with Crippen molar-refractivity contribution in [3.63, 3.8) is 0 Å². The maximum Gasteiger partial charge on any atom is 0.0887 e. The first kappa shape index (κ1) is 12.1. The van der Waals surface area contributed by atoms with E-state index in [0.29, 0.717) is 11.0 Å². The van der Waals surface area contributed by atoms with Crippen LogP contribution in [-0.4, -0.2) is 10.4 Å². The monoisotopic (exact) mass is 291 g/mol. The van der Waals surface area contributed by atoms with E-state index in [-0.39, 0.29) is 0 Å². The number of nitrogen functional groups attached to an aromatic ring is 1. The van der Waals surface area contributed by atoms with Gasteiger partial charge in [0.15, 0.2) is 0 Å². The molecule has 0 bridgehead atoms. The lowest BCUT2D eigenvalue weighted by Crippen LogP contribution is -2.00. The molecule has 0 saturated carbocycles. The zero-order valence-electron chi connectivity index (χ0n) is 9.31. The first-order valence-corrected chi connectivity index (χ1v) is 6.53. The van der Waals surface area contributed by atoms with Gasteiger partial charge in [-0.3, -0.25) is 0 Å². The Morgan fingerprint density at radius 1 is 1.12 bits per heavy atom. The van der Waals surface area contributed by atoms with Crippen molar-refractivity contribution >= 4 is 21.6 Å². The molecule has 0 amide bonds. The van der Waals surface area contributed by atoms with Crippen LogP contribution in [0.4, 0.5) is 5.69 Å². The quantitative estimate of drug-likeness (QED) is 0.673. The zero-order valence-corrected chi connectivity index (χ0v) is 10.9. The number of hydrogen-bond donors (Lipinski definition) is 2. The number of halogens is 1. The van der Waals surface area contributed by atoms with E-state index in [0.717, 1.165) is 16.7 Å². The molecular weight excluding hydrogens is 278 g/mol. The Morgan fingerprint density at radius 3 is 2.41 bits per heavy atom. The van der Waals surface area contributed by atoms with E-state index in [1.54, 1.807) is 0 Å². The molecule has 17 heavy (non-hydrogen) atoms. The summed E-state index contributed by atoms with van der Waals surface area (Å²) < 4.78 is 0. The fraction of sp³-hybridized carbons (Fsp3) is 0.143. The third-order valence-electron chi connectivity index (χ3n) is 2.69. The van der Waals surface area contributed by atoms with Gasteiger partial charge in [-0.25, -0.2) is 0 Å². The van der Waals surface area contributed by atoms with Crippen LogP contribution in [0.2, 0.25) is 0 Å². The molecule has 0 unspecified atom stereocenters. The normalized spacial score (nSPS) is 12.4. The molecule has 88 valence electrons. The number of rotatable bonds is 3. The van der Waals surface area contributed by atoms with Gasteiger partial charge in [0.2, 0.25) is 0 Å². The summed E-state index contributed by atoms with van der Waals surface area (Å²) in [5.41, 5.74) is 9.62. The van der Waals surface area contributed by atoms with Crippen LogP contribution >= 0.6 is 15.9 Å². The Balaban J connectivity index is 2.39. The van der Waals surface area contributed by atoms with Gasteiger partial charge in [-0.1, -0.05) is 58.4 Å². The number of aliphatic hydroxyl groups excluding tert-OH is 1. The largest absolute Gasteiger partial charge is 0.398 e. The molecule has 0 aliphatic rings. The molecule has 0 fully saturated rings. The molecule has 3 N–H and O–H groups in total. The van der Waals surface area contributed by atoms with Crippen molar-refractivity contribution in [2.45, 2.75) is 6.10 Å². The molecule has 0 aliphatic carbocycles. The zero-order chi connectivity index (χ0) is 12.3. The number of aliphatic hydroxyl groups is 1. The third kappa shape index (κ3) is 2.68. The maximum absolute atomic E-state index is 9.71. The molecule has 0 aromatic heterocycles. The second-order valence-corrected chi connectivity index (χ2v) is 4.53. The van der Waals surface area contributed by atoms with Gasteiger partial charge in [0, 0.05) is 16.6 Å². The van der Waals surface area contributed by atoms with Crippen molar-refractivity contribution in [2.75, 3.05) is 11.1 Å². The van der Waals surface area contributed by atoms with Gasteiger partial charge in [-0.2, -0.15) is 0 Å². The van der Waals surface area contributed by atoms with Crippen LogP contribution in [0.15, 0.2) is 48.5 Å². The molecule has 2 rings (SSSR count). The van der Waals surface area contributed by atoms with Gasteiger partial charge in [0.25, 0.3) is 0 Å². The van der Waals surface area contributed by atoms with Gasteiger partial charge in [0.05, 0.1) is 6.10 Å². The number of nitrogens with two attached hydrogens (primary N) is 1. The molecule has 2 aromatic carbocycles. The third-order valence-corrected chi connectivity index (χ3v) is 3.30. The van der Waals surface area contributed by atoms with Crippen LogP contribution in [0.5, 0.6) is 0 Å². The van der Waals surface area contributed by atoms with Crippen molar-refractivity contribution < 1.29 is 5.11 Å². The van der Waals surface area contributed by atoms with E-state index in [1.165, 1.54) is 0 Å². The topological polar surface area (TPSA) is 46.2 Å². The van der Waals surface area contributed by atoms with Crippen LogP contribution in [0.25, 0.3) is 11.1 Å². The second kappa shape index (κ2) is 5.34. The van der Waals surface area contributed by atoms with Crippen LogP contribution in [0, 0.1) is 0 Å². The minimum absolute atomic E-state index is 0.511. The van der Waals surface area contributed by atoms with Crippen molar-refractivity contribution in [1.82, 2.24) is 0 Å². The minimum Gasteiger partial charge on any atom is -0.398 e. The summed E-state index contributed by atoms with van der Waals surface area (Å²) >= 11 is 3.25. The smallest absolute Gasteiger partial charge is 0.0887 e. The van der Waals surface area contributed by atoms with Gasteiger partial charge >= 0.3 is 0 Å². The average Bonchev–Trinajstić information content (AvgIpc) is 2.38. The Labute approximate surface area is 109 Å². The summed E-state index contributed by atoms with van der Waals surface area (Å²) in [6.07, 6.45) is -0.512. The standard InChI is InChI=1S/C14H14BrNO/c15-9-14(17)11-6-7-12(13(16)8-11)10-4-2-1-3-5-10/h1-8,14,17H,9,16H2/t14-/m1/s1. The molecular formula is C14H14BrNO. The Kier molecular flexibility index (Phi) is 3.82. The van der Waals surface area contributed by atoms with Gasteiger partial charge in [-0.05, 0) is 17.2 Å². The molecule has 0 radical (unpaired) electrons. The molecule has 0 saturated heterocycles. The molecule has 0 heterocycles. The lowest BCUT2D eigenvalue weighted by atomic mass is 10.0. The van der Waals surface area contributed by atoms with Crippen LogP contribution in [0.1, 0.15) is 11.7 Å². The van der Waals surface area contributed by atoms with Gasteiger partial charge < -0.3 is 10.8 Å². The maximum atomic E-state index is 9.71. The lowest BCUT2D eigenvalue weighted by Gasteiger charge is -2.11. The summed E-state index contributed by atoms with van der Waals surface area (Å²) in [5, 5.41) is 10.2. The Hall–Kier alpha value is -1.32. The van der Waals surface area contributed by atoms with Crippen LogP contribution in [0.3, 0.4) is 0 Å². The van der Waals surface area contributed by atoms with E-state index < -0.39 is 6.10 Å². The summed E-state index contributed by atoms with van der Waals surface area (Å²) in [6.45, 7) is 0. The summed E-state index contributed by atoms with van der Waals surface area (Å²) in [4.78, 5) is 0. The number of benzene rings is 2. The minimum atomic E-state index is -0.512. The van der Waals surface area contributed by atoms with E-state index in [4.69, 9.17) is 5.73 Å². The average molecular weight is 292 g/mol. The Bertz CT molecular complexity index is 499. The van der Waals surface area contributed by atoms with E-state index in [9.17, 15) is 5.11 Å². The lowest BCUT2D eigenvalue weighted by molar-refractivity contribution is 0.205. The van der Waals surface area contributed by atoms with Crippen molar-refractivity contribution in [3.05, 3.63) is 54.1 Å². The fourth-order valence-corrected chi connectivity index (χ4v) is 2.13. The molecule has 0 spiro atoms. The summed E-state index contributed by atoms with van der Waals surface area (Å²) in [5.74, 6) is 0. The summed E-state index contributed by atoms with van der Waals surface area (Å²) in [6, 6.07) is 15.7. The van der Waals surface area contributed by atoms with Crippen molar-refractivity contribution in [1.29, 1.82) is 0 Å². The van der Waals surface area contributed by atoms with Gasteiger partial charge in [0.1, 0.15) is 0 Å². The van der Waals surface area contributed by atoms with Crippen molar-refractivity contribution in [2.24, 2.45) is 0 Å². The first-order chi connectivity index (χ1) is 8.22. The highest BCUT2D eigenvalue weighted by Gasteiger charge is 2.08. The predicted octanol–water partition coefficient (Wildman–Crippen LogP) is 3.36. The predicted molar refractivity (Wildman–Crippen MR) is 75.0 cm³/mol. The highest BCUT2D eigenvalue weighted by molar-refractivity contribution is 9.09. The molecule has 2 nitrogen and oxygen atoms in total. The van der Waals surface area contributed by atoms with E-state index in [2.05, 4.69) is 15.9 Å². The molecule has 0 aliphatic heterocycles. The number of anilines is 1. The fourth-order valence-electron chi connectivity index (χ4n) is 1.76. The molecule has 1 atom stereocenters. The van der Waals surface area contributed by atoms with Crippen LogP contribution in [-0.2, 0) is 0 Å².